The number of rotatable bonds is 7. The molecule has 0 aromatic rings. The van der Waals surface area contributed by atoms with E-state index in [1.165, 1.54) is 6.92 Å². The minimum absolute atomic E-state index is 0.0315. The van der Waals surface area contributed by atoms with Crippen LogP contribution in [0.3, 0.4) is 0 Å². The average molecular weight is 346 g/mol. The molecule has 0 unspecified atom stereocenters. The van der Waals surface area contributed by atoms with E-state index < -0.39 is 27.6 Å². The van der Waals surface area contributed by atoms with Gasteiger partial charge in [-0.05, 0) is 38.0 Å². The lowest BCUT2D eigenvalue weighted by Crippen LogP contribution is -2.43. The van der Waals surface area contributed by atoms with Crippen LogP contribution in [0.1, 0.15) is 53.4 Å². The van der Waals surface area contributed by atoms with Crippen LogP contribution < -0.4 is 0 Å². The molecule has 0 N–H and O–H groups in total. The van der Waals surface area contributed by atoms with Crippen LogP contribution in [0.4, 0.5) is 0 Å². The topological polar surface area (TPSA) is 86.7 Å². The third-order valence-corrected chi connectivity index (χ3v) is 7.10. The largest absolute Gasteiger partial charge is 0.466 e. The van der Waals surface area contributed by atoms with Crippen molar-refractivity contribution in [3.63, 3.8) is 0 Å². The van der Waals surface area contributed by atoms with E-state index in [2.05, 4.69) is 0 Å². The quantitative estimate of drug-likeness (QED) is 0.518. The Morgan fingerprint density at radius 3 is 2.52 bits per heavy atom. The third-order valence-electron chi connectivity index (χ3n) is 5.63. The van der Waals surface area contributed by atoms with Crippen molar-refractivity contribution in [2.45, 2.75) is 59.5 Å². The maximum absolute atomic E-state index is 12.4. The maximum Gasteiger partial charge on any atom is 0.308 e. The van der Waals surface area contributed by atoms with Gasteiger partial charge >= 0.3 is 5.97 Å². The second-order valence-corrected chi connectivity index (χ2v) is 8.88. The number of fused-ring (bicyclic) bond motifs is 2. The number of Topliss-reactive ketones (excluding diaryl/α,β-unsaturated/α-hetero) is 1. The van der Waals surface area contributed by atoms with E-state index in [0.29, 0.717) is 12.8 Å². The van der Waals surface area contributed by atoms with E-state index in [0.717, 1.165) is 6.42 Å². The van der Waals surface area contributed by atoms with Crippen molar-refractivity contribution in [2.75, 3.05) is 12.4 Å². The van der Waals surface area contributed by atoms with E-state index in [-0.39, 0.29) is 35.9 Å². The number of carbonyl (C=O) groups excluding carboxylic acids is 2. The average Bonchev–Trinajstić information content (AvgIpc) is 2.71. The number of ketones is 1. The SMILES string of the molecule is CCOC(=O)C[C@H](C)OS(=O)(=O)C[C@@]12CC[C@@H](CC1=O)C2(C)C. The Morgan fingerprint density at radius 2 is 2.04 bits per heavy atom. The molecule has 23 heavy (non-hydrogen) atoms. The number of ether oxygens (including phenoxy) is 1. The van der Waals surface area contributed by atoms with Crippen molar-refractivity contribution in [1.29, 1.82) is 0 Å². The molecule has 0 aromatic heterocycles. The van der Waals surface area contributed by atoms with E-state index >= 15 is 0 Å². The van der Waals surface area contributed by atoms with Gasteiger partial charge in [-0.25, -0.2) is 0 Å². The highest BCUT2D eigenvalue weighted by Gasteiger charge is 2.65. The molecule has 132 valence electrons. The van der Waals surface area contributed by atoms with Gasteiger partial charge in [-0.2, -0.15) is 8.42 Å². The molecule has 0 amide bonds. The fraction of sp³-hybridized carbons (Fsp3) is 0.875. The second kappa shape index (κ2) is 6.16. The zero-order chi connectivity index (χ0) is 17.5. The highest BCUT2D eigenvalue weighted by molar-refractivity contribution is 7.86. The molecule has 6 nitrogen and oxygen atoms in total. The van der Waals surface area contributed by atoms with Gasteiger partial charge in [0.05, 0.1) is 30.3 Å². The van der Waals surface area contributed by atoms with Crippen LogP contribution in [0.5, 0.6) is 0 Å². The molecule has 3 atom stereocenters. The zero-order valence-electron chi connectivity index (χ0n) is 14.3. The molecule has 7 heteroatoms. The van der Waals surface area contributed by atoms with Gasteiger partial charge in [0, 0.05) is 6.42 Å². The van der Waals surface area contributed by atoms with Crippen LogP contribution in [-0.2, 0) is 28.6 Å². The Morgan fingerprint density at radius 1 is 1.39 bits per heavy atom. The lowest BCUT2D eigenvalue weighted by Gasteiger charge is -2.36. The predicted octanol–water partition coefficient (Wildman–Crippen LogP) is 2.07. The van der Waals surface area contributed by atoms with Crippen molar-refractivity contribution in [3.8, 4) is 0 Å². The van der Waals surface area contributed by atoms with E-state index in [9.17, 15) is 18.0 Å². The number of hydrogen-bond donors (Lipinski definition) is 0. The first-order chi connectivity index (χ1) is 10.5. The summed E-state index contributed by atoms with van der Waals surface area (Å²) in [4.78, 5) is 23.8. The third kappa shape index (κ3) is 3.31. The van der Waals surface area contributed by atoms with Crippen LogP contribution in [0, 0.1) is 16.7 Å². The molecule has 0 aliphatic heterocycles. The van der Waals surface area contributed by atoms with Crippen LogP contribution >= 0.6 is 0 Å². The first-order valence-corrected chi connectivity index (χ1v) is 9.71. The molecule has 0 heterocycles. The van der Waals surface area contributed by atoms with Gasteiger partial charge in [0.1, 0.15) is 5.78 Å². The molecular weight excluding hydrogens is 320 g/mol. The number of esters is 1. The van der Waals surface area contributed by atoms with Gasteiger partial charge in [-0.1, -0.05) is 13.8 Å². The van der Waals surface area contributed by atoms with Crippen molar-refractivity contribution >= 4 is 21.9 Å². The maximum atomic E-state index is 12.4. The van der Waals surface area contributed by atoms with E-state index in [4.69, 9.17) is 8.92 Å². The van der Waals surface area contributed by atoms with Crippen LogP contribution in [0.15, 0.2) is 0 Å². The Kier molecular flexibility index (Phi) is 4.93. The van der Waals surface area contributed by atoms with Crippen molar-refractivity contribution in [2.24, 2.45) is 16.7 Å². The molecule has 0 radical (unpaired) electrons. The van der Waals surface area contributed by atoms with Crippen LogP contribution in [0.25, 0.3) is 0 Å². The van der Waals surface area contributed by atoms with Gasteiger partial charge in [0.15, 0.2) is 0 Å². The smallest absolute Gasteiger partial charge is 0.308 e. The summed E-state index contributed by atoms with van der Waals surface area (Å²) in [7, 11) is -3.90. The molecule has 0 saturated heterocycles. The van der Waals surface area contributed by atoms with Crippen LogP contribution in [0.2, 0.25) is 0 Å². The van der Waals surface area contributed by atoms with Crippen molar-refractivity contribution in [3.05, 3.63) is 0 Å². The number of hydrogen-bond acceptors (Lipinski definition) is 6. The molecule has 2 aliphatic carbocycles. The monoisotopic (exact) mass is 346 g/mol. The lowest BCUT2D eigenvalue weighted by atomic mass is 9.70. The fourth-order valence-electron chi connectivity index (χ4n) is 4.18. The van der Waals surface area contributed by atoms with Crippen molar-refractivity contribution in [1.82, 2.24) is 0 Å². The summed E-state index contributed by atoms with van der Waals surface area (Å²) in [5, 5.41) is 0. The van der Waals surface area contributed by atoms with E-state index in [1.807, 2.05) is 13.8 Å². The summed E-state index contributed by atoms with van der Waals surface area (Å²) in [6.07, 6.45) is 1.01. The van der Waals surface area contributed by atoms with Gasteiger partial charge in [0.2, 0.25) is 0 Å². The highest BCUT2D eigenvalue weighted by Crippen LogP contribution is 2.64. The molecule has 0 spiro atoms. The summed E-state index contributed by atoms with van der Waals surface area (Å²) in [5.74, 6) is -0.507. The Bertz CT molecular complexity index is 594. The first-order valence-electron chi connectivity index (χ1n) is 8.14. The predicted molar refractivity (Wildman–Crippen MR) is 84.1 cm³/mol. The molecular formula is C16H26O6S. The molecule has 2 bridgehead atoms. The minimum atomic E-state index is -3.90. The first kappa shape index (κ1) is 18.4. The molecule has 0 aromatic carbocycles. The summed E-state index contributed by atoms with van der Waals surface area (Å²) in [5.41, 5.74) is -1.18. The standard InChI is InChI=1S/C16H26O6S/c1-5-21-14(18)8-11(2)22-23(19,20)10-16-7-6-12(9-13(16)17)15(16,3)4/h11-12H,5-10H2,1-4H3/t11-,12-,16-/m0/s1. The summed E-state index contributed by atoms with van der Waals surface area (Å²) < 4.78 is 34.8. The normalized spacial score (nSPS) is 30.4. The Hall–Kier alpha value is -0.950. The lowest BCUT2D eigenvalue weighted by molar-refractivity contribution is -0.144. The van der Waals surface area contributed by atoms with Crippen molar-refractivity contribution < 1.29 is 26.9 Å². The van der Waals surface area contributed by atoms with E-state index in [1.54, 1.807) is 6.92 Å². The molecule has 2 saturated carbocycles. The summed E-state index contributed by atoms with van der Waals surface area (Å²) >= 11 is 0. The molecule has 2 fully saturated rings. The Labute approximate surface area is 138 Å². The zero-order valence-corrected chi connectivity index (χ0v) is 15.1. The summed E-state index contributed by atoms with van der Waals surface area (Å²) in [6, 6.07) is 0. The van der Waals surface area contributed by atoms with Gasteiger partial charge in [-0.3, -0.25) is 13.8 Å². The molecule has 2 aliphatic rings. The number of carbonyl (C=O) groups is 2. The second-order valence-electron chi connectivity index (χ2n) is 7.28. The molecule has 2 rings (SSSR count). The van der Waals surface area contributed by atoms with Gasteiger partial charge in [0.25, 0.3) is 10.1 Å². The van der Waals surface area contributed by atoms with Gasteiger partial charge < -0.3 is 4.74 Å². The minimum Gasteiger partial charge on any atom is -0.466 e. The highest BCUT2D eigenvalue weighted by atomic mass is 32.2. The fourth-order valence-corrected chi connectivity index (χ4v) is 6.10. The van der Waals surface area contributed by atoms with Gasteiger partial charge in [-0.15, -0.1) is 0 Å². The Balaban J connectivity index is 2.07. The van der Waals surface area contributed by atoms with Crippen LogP contribution in [-0.4, -0.2) is 38.6 Å². The summed E-state index contributed by atoms with van der Waals surface area (Å²) in [6.45, 7) is 7.40.